The SMILES string of the molecule is C=C(C)C(=O)O[C@@H]1CCCC[C@H]1C. The van der Waals surface area contributed by atoms with Crippen molar-refractivity contribution in [3.63, 3.8) is 0 Å². The number of esters is 1. The van der Waals surface area contributed by atoms with E-state index in [4.69, 9.17) is 4.74 Å². The van der Waals surface area contributed by atoms with Crippen LogP contribution in [-0.2, 0) is 9.53 Å². The number of ether oxygens (including phenoxy) is 1. The Balaban J connectivity index is 2.42. The van der Waals surface area contributed by atoms with Gasteiger partial charge in [0.15, 0.2) is 0 Å². The van der Waals surface area contributed by atoms with Crippen LogP contribution >= 0.6 is 0 Å². The van der Waals surface area contributed by atoms with Crippen molar-refractivity contribution >= 4 is 5.97 Å². The van der Waals surface area contributed by atoms with Gasteiger partial charge in [-0.3, -0.25) is 0 Å². The number of rotatable bonds is 2. The predicted molar refractivity (Wildman–Crippen MR) is 52.3 cm³/mol. The fraction of sp³-hybridized carbons (Fsp3) is 0.727. The highest BCUT2D eigenvalue weighted by atomic mass is 16.5. The first-order valence-corrected chi connectivity index (χ1v) is 4.97. The molecule has 2 nitrogen and oxygen atoms in total. The lowest BCUT2D eigenvalue weighted by Crippen LogP contribution is -2.28. The summed E-state index contributed by atoms with van der Waals surface area (Å²) in [6, 6.07) is 0. The van der Waals surface area contributed by atoms with Crippen LogP contribution < -0.4 is 0 Å². The van der Waals surface area contributed by atoms with Crippen LogP contribution in [0.25, 0.3) is 0 Å². The van der Waals surface area contributed by atoms with Gasteiger partial charge in [-0.2, -0.15) is 0 Å². The van der Waals surface area contributed by atoms with Crippen molar-refractivity contribution in [2.75, 3.05) is 0 Å². The topological polar surface area (TPSA) is 26.3 Å². The Labute approximate surface area is 80.0 Å². The van der Waals surface area contributed by atoms with E-state index in [0.29, 0.717) is 11.5 Å². The van der Waals surface area contributed by atoms with E-state index in [9.17, 15) is 4.79 Å². The fourth-order valence-electron chi connectivity index (χ4n) is 1.70. The second-order valence-corrected chi connectivity index (χ2v) is 3.99. The molecule has 0 heterocycles. The van der Waals surface area contributed by atoms with Crippen molar-refractivity contribution in [2.24, 2.45) is 5.92 Å². The van der Waals surface area contributed by atoms with Crippen LogP contribution in [-0.4, -0.2) is 12.1 Å². The molecule has 0 radical (unpaired) electrons. The average Bonchev–Trinajstić information content (AvgIpc) is 2.08. The summed E-state index contributed by atoms with van der Waals surface area (Å²) >= 11 is 0. The van der Waals surface area contributed by atoms with Crippen LogP contribution in [0.3, 0.4) is 0 Å². The van der Waals surface area contributed by atoms with Gasteiger partial charge >= 0.3 is 5.97 Å². The summed E-state index contributed by atoms with van der Waals surface area (Å²) in [6.07, 6.45) is 4.76. The molecule has 0 saturated heterocycles. The first-order valence-electron chi connectivity index (χ1n) is 4.97. The monoisotopic (exact) mass is 182 g/mol. The summed E-state index contributed by atoms with van der Waals surface area (Å²) in [7, 11) is 0. The maximum atomic E-state index is 11.2. The molecule has 1 saturated carbocycles. The zero-order chi connectivity index (χ0) is 9.84. The third kappa shape index (κ3) is 2.87. The zero-order valence-corrected chi connectivity index (χ0v) is 8.51. The Morgan fingerprint density at radius 3 is 2.54 bits per heavy atom. The van der Waals surface area contributed by atoms with E-state index >= 15 is 0 Å². The highest BCUT2D eigenvalue weighted by molar-refractivity contribution is 5.87. The molecule has 1 aliphatic carbocycles. The van der Waals surface area contributed by atoms with E-state index in [-0.39, 0.29) is 12.1 Å². The van der Waals surface area contributed by atoms with Gasteiger partial charge in [0.2, 0.25) is 0 Å². The van der Waals surface area contributed by atoms with E-state index in [1.165, 1.54) is 19.3 Å². The van der Waals surface area contributed by atoms with Crippen LogP contribution in [0.2, 0.25) is 0 Å². The third-order valence-electron chi connectivity index (χ3n) is 2.64. The number of carbonyl (C=O) groups is 1. The standard InChI is InChI=1S/C11H18O2/c1-8(2)11(12)13-10-7-5-4-6-9(10)3/h9-10H,1,4-7H2,2-3H3/t9-,10-/m1/s1. The molecule has 13 heavy (non-hydrogen) atoms. The summed E-state index contributed by atoms with van der Waals surface area (Å²) in [5.41, 5.74) is 0.498. The quantitative estimate of drug-likeness (QED) is 0.485. The summed E-state index contributed by atoms with van der Waals surface area (Å²) in [4.78, 5) is 11.2. The Morgan fingerprint density at radius 1 is 1.38 bits per heavy atom. The highest BCUT2D eigenvalue weighted by Gasteiger charge is 2.24. The zero-order valence-electron chi connectivity index (χ0n) is 8.51. The number of hydrogen-bond acceptors (Lipinski definition) is 2. The van der Waals surface area contributed by atoms with Crippen LogP contribution in [0.5, 0.6) is 0 Å². The van der Waals surface area contributed by atoms with E-state index in [1.54, 1.807) is 6.92 Å². The van der Waals surface area contributed by atoms with Crippen LogP contribution in [0, 0.1) is 5.92 Å². The van der Waals surface area contributed by atoms with Gasteiger partial charge in [-0.15, -0.1) is 0 Å². The largest absolute Gasteiger partial charge is 0.459 e. The molecular weight excluding hydrogens is 164 g/mol. The molecular formula is C11H18O2. The van der Waals surface area contributed by atoms with Crippen LogP contribution in [0.4, 0.5) is 0 Å². The summed E-state index contributed by atoms with van der Waals surface area (Å²) in [5.74, 6) is 0.274. The second-order valence-electron chi connectivity index (χ2n) is 3.99. The van der Waals surface area contributed by atoms with Crippen LogP contribution in [0.1, 0.15) is 39.5 Å². The molecule has 2 atom stereocenters. The molecule has 1 fully saturated rings. The molecule has 0 N–H and O–H groups in total. The molecule has 0 aromatic heterocycles. The molecule has 0 spiro atoms. The second kappa shape index (κ2) is 4.45. The minimum atomic E-state index is -0.237. The normalized spacial score (nSPS) is 28.2. The Bertz CT molecular complexity index is 208. The maximum Gasteiger partial charge on any atom is 0.333 e. The fourth-order valence-corrected chi connectivity index (χ4v) is 1.70. The molecule has 0 amide bonds. The lowest BCUT2D eigenvalue weighted by Gasteiger charge is -2.28. The van der Waals surface area contributed by atoms with Crippen LogP contribution in [0.15, 0.2) is 12.2 Å². The lowest BCUT2D eigenvalue weighted by atomic mass is 9.88. The molecule has 0 bridgehead atoms. The summed E-state index contributed by atoms with van der Waals surface area (Å²) in [5, 5.41) is 0. The van der Waals surface area contributed by atoms with Crippen molar-refractivity contribution in [3.8, 4) is 0 Å². The first-order chi connectivity index (χ1) is 6.11. The van der Waals surface area contributed by atoms with Crippen molar-refractivity contribution in [1.82, 2.24) is 0 Å². The van der Waals surface area contributed by atoms with Gasteiger partial charge in [0, 0.05) is 5.57 Å². The molecule has 0 aromatic carbocycles. The highest BCUT2D eigenvalue weighted by Crippen LogP contribution is 2.26. The molecule has 0 aliphatic heterocycles. The molecule has 2 heteroatoms. The smallest absolute Gasteiger partial charge is 0.333 e. The van der Waals surface area contributed by atoms with Gasteiger partial charge in [0.25, 0.3) is 0 Å². The summed E-state index contributed by atoms with van der Waals surface area (Å²) in [6.45, 7) is 7.41. The van der Waals surface area contributed by atoms with E-state index in [2.05, 4.69) is 13.5 Å². The minimum Gasteiger partial charge on any atom is -0.459 e. The average molecular weight is 182 g/mol. The van der Waals surface area contributed by atoms with Gasteiger partial charge in [0.05, 0.1) is 0 Å². The predicted octanol–water partition coefficient (Wildman–Crippen LogP) is 2.68. The van der Waals surface area contributed by atoms with Crippen molar-refractivity contribution in [1.29, 1.82) is 0 Å². The van der Waals surface area contributed by atoms with Crippen molar-refractivity contribution in [3.05, 3.63) is 12.2 Å². The lowest BCUT2D eigenvalue weighted by molar-refractivity contribution is -0.148. The Hall–Kier alpha value is -0.790. The molecule has 0 unspecified atom stereocenters. The van der Waals surface area contributed by atoms with E-state index in [1.807, 2.05) is 0 Å². The molecule has 1 aliphatic rings. The van der Waals surface area contributed by atoms with Gasteiger partial charge < -0.3 is 4.74 Å². The molecule has 0 aromatic rings. The van der Waals surface area contributed by atoms with Gasteiger partial charge in [-0.1, -0.05) is 19.9 Å². The van der Waals surface area contributed by atoms with Gasteiger partial charge in [-0.25, -0.2) is 4.79 Å². The molecule has 74 valence electrons. The number of hydrogen-bond donors (Lipinski definition) is 0. The van der Waals surface area contributed by atoms with E-state index in [0.717, 1.165) is 6.42 Å². The third-order valence-corrected chi connectivity index (χ3v) is 2.64. The first kappa shape index (κ1) is 10.3. The maximum absolute atomic E-state index is 11.2. The van der Waals surface area contributed by atoms with Crippen molar-refractivity contribution in [2.45, 2.75) is 45.6 Å². The Kier molecular flexibility index (Phi) is 3.52. The van der Waals surface area contributed by atoms with Crippen molar-refractivity contribution < 1.29 is 9.53 Å². The number of carbonyl (C=O) groups excluding carboxylic acids is 1. The minimum absolute atomic E-state index is 0.123. The molecule has 1 rings (SSSR count). The Morgan fingerprint density at radius 2 is 2.00 bits per heavy atom. The summed E-state index contributed by atoms with van der Waals surface area (Å²) < 4.78 is 5.33. The van der Waals surface area contributed by atoms with Gasteiger partial charge in [0.1, 0.15) is 6.10 Å². The van der Waals surface area contributed by atoms with E-state index < -0.39 is 0 Å². The van der Waals surface area contributed by atoms with Gasteiger partial charge in [-0.05, 0) is 32.1 Å².